The fourth-order valence-corrected chi connectivity index (χ4v) is 3.21. The normalized spacial score (nSPS) is 10.6. The van der Waals surface area contributed by atoms with Crippen molar-refractivity contribution < 1.29 is 9.53 Å². The fraction of sp³-hybridized carbons (Fsp3) is 0.0526. The van der Waals surface area contributed by atoms with E-state index in [4.69, 9.17) is 4.74 Å². The number of hydrogen-bond acceptors (Lipinski definition) is 6. The number of carbonyl (C=O) groups excluding carboxylic acids is 1. The van der Waals surface area contributed by atoms with Crippen molar-refractivity contribution in [1.82, 2.24) is 19.7 Å². The first-order valence-corrected chi connectivity index (χ1v) is 8.79. The van der Waals surface area contributed by atoms with Gasteiger partial charge < -0.3 is 4.74 Å². The lowest BCUT2D eigenvalue weighted by atomic mass is 10.2. The first-order valence-electron chi connectivity index (χ1n) is 7.91. The lowest BCUT2D eigenvalue weighted by Gasteiger charge is -2.04. The van der Waals surface area contributed by atoms with E-state index in [1.165, 1.54) is 17.7 Å². The quantitative estimate of drug-likeness (QED) is 0.506. The molecular weight excluding hydrogens is 348 g/mol. The zero-order valence-electron chi connectivity index (χ0n) is 13.6. The van der Waals surface area contributed by atoms with Gasteiger partial charge in [-0.15, -0.1) is 11.3 Å². The first-order chi connectivity index (χ1) is 12.8. The van der Waals surface area contributed by atoms with Gasteiger partial charge in [-0.25, -0.2) is 19.4 Å². The number of thiazole rings is 1. The third kappa shape index (κ3) is 3.52. The molecule has 26 heavy (non-hydrogen) atoms. The van der Waals surface area contributed by atoms with Gasteiger partial charge in [-0.2, -0.15) is 5.10 Å². The molecule has 2 heterocycles. The lowest BCUT2D eigenvalue weighted by Crippen LogP contribution is -2.06. The molecule has 0 N–H and O–H groups in total. The Bertz CT molecular complexity index is 996. The van der Waals surface area contributed by atoms with Crippen LogP contribution in [0.1, 0.15) is 16.1 Å². The molecule has 7 heteroatoms. The Labute approximate surface area is 153 Å². The van der Waals surface area contributed by atoms with Crippen molar-refractivity contribution in [2.75, 3.05) is 0 Å². The van der Waals surface area contributed by atoms with Crippen molar-refractivity contribution in [3.8, 4) is 16.3 Å². The summed E-state index contributed by atoms with van der Waals surface area (Å²) in [6, 6.07) is 16.9. The fourth-order valence-electron chi connectivity index (χ4n) is 2.40. The highest BCUT2D eigenvalue weighted by atomic mass is 32.1. The van der Waals surface area contributed by atoms with Crippen LogP contribution in [0, 0.1) is 0 Å². The number of benzene rings is 2. The largest absolute Gasteiger partial charge is 0.456 e. The minimum Gasteiger partial charge on any atom is -0.456 e. The van der Waals surface area contributed by atoms with Gasteiger partial charge in [0.2, 0.25) is 0 Å². The van der Waals surface area contributed by atoms with Gasteiger partial charge in [0.1, 0.15) is 24.3 Å². The molecule has 0 aliphatic carbocycles. The Balaban J connectivity index is 1.39. The molecular formula is C19H14N4O2S. The van der Waals surface area contributed by atoms with E-state index in [2.05, 4.69) is 15.1 Å². The third-order valence-electron chi connectivity index (χ3n) is 3.71. The molecule has 0 bridgehead atoms. The van der Waals surface area contributed by atoms with E-state index in [9.17, 15) is 4.79 Å². The summed E-state index contributed by atoms with van der Waals surface area (Å²) in [6.45, 7) is 0.146. The third-order valence-corrected chi connectivity index (χ3v) is 4.65. The van der Waals surface area contributed by atoms with E-state index in [1.54, 1.807) is 35.3 Å². The average molecular weight is 362 g/mol. The summed E-state index contributed by atoms with van der Waals surface area (Å²) >= 11 is 1.53. The second-order valence-electron chi connectivity index (χ2n) is 5.47. The SMILES string of the molecule is O=C(OCc1csc(-c2ccccc2)n1)c1ccc(-n2cncn2)cc1. The Kier molecular flexibility index (Phi) is 4.53. The standard InChI is InChI=1S/C19H14N4O2S/c24-19(15-6-8-17(9-7-15)23-13-20-12-21-23)25-10-16-11-26-18(22-16)14-4-2-1-3-5-14/h1-9,11-13H,10H2. The molecule has 128 valence electrons. The second-order valence-corrected chi connectivity index (χ2v) is 6.33. The van der Waals surface area contributed by atoms with Crippen molar-refractivity contribution in [2.45, 2.75) is 6.61 Å². The molecule has 4 aromatic rings. The van der Waals surface area contributed by atoms with E-state index in [1.807, 2.05) is 35.7 Å². The number of ether oxygens (including phenoxy) is 1. The van der Waals surface area contributed by atoms with Crippen LogP contribution >= 0.6 is 11.3 Å². The molecule has 4 rings (SSSR count). The summed E-state index contributed by atoms with van der Waals surface area (Å²) in [7, 11) is 0. The van der Waals surface area contributed by atoms with Crippen molar-refractivity contribution in [3.05, 3.63) is 83.9 Å². The minimum atomic E-state index is -0.385. The Morgan fingerprint density at radius 3 is 2.62 bits per heavy atom. The molecule has 6 nitrogen and oxygen atoms in total. The summed E-state index contributed by atoms with van der Waals surface area (Å²) in [4.78, 5) is 20.6. The molecule has 0 saturated heterocycles. The predicted molar refractivity (Wildman–Crippen MR) is 98.0 cm³/mol. The van der Waals surface area contributed by atoms with E-state index in [0.717, 1.165) is 22.0 Å². The van der Waals surface area contributed by atoms with Crippen LogP contribution in [-0.4, -0.2) is 25.7 Å². The molecule has 0 spiro atoms. The van der Waals surface area contributed by atoms with Gasteiger partial charge in [-0.05, 0) is 24.3 Å². The number of esters is 1. The predicted octanol–water partition coefficient (Wildman–Crippen LogP) is 3.75. The molecule has 0 radical (unpaired) electrons. The molecule has 0 atom stereocenters. The zero-order chi connectivity index (χ0) is 17.8. The number of aromatic nitrogens is 4. The molecule has 0 amide bonds. The Morgan fingerprint density at radius 1 is 1.08 bits per heavy atom. The maximum Gasteiger partial charge on any atom is 0.338 e. The Hall–Kier alpha value is -3.32. The van der Waals surface area contributed by atoms with E-state index in [-0.39, 0.29) is 12.6 Å². The highest BCUT2D eigenvalue weighted by Crippen LogP contribution is 2.23. The molecule has 2 aromatic heterocycles. The maximum absolute atomic E-state index is 12.2. The van der Waals surface area contributed by atoms with Crippen LogP contribution in [-0.2, 0) is 11.3 Å². The number of nitrogens with zero attached hydrogens (tertiary/aromatic N) is 4. The molecule has 0 aliphatic rings. The van der Waals surface area contributed by atoms with E-state index in [0.29, 0.717) is 5.56 Å². The van der Waals surface area contributed by atoms with Crippen LogP contribution in [0.2, 0.25) is 0 Å². The average Bonchev–Trinajstić information content (AvgIpc) is 3.39. The van der Waals surface area contributed by atoms with Crippen LogP contribution in [0.25, 0.3) is 16.3 Å². The lowest BCUT2D eigenvalue weighted by molar-refractivity contribution is 0.0468. The molecule has 0 fully saturated rings. The highest BCUT2D eigenvalue weighted by molar-refractivity contribution is 7.13. The van der Waals surface area contributed by atoms with Gasteiger partial charge in [-0.3, -0.25) is 0 Å². The molecule has 2 aromatic carbocycles. The van der Waals surface area contributed by atoms with E-state index >= 15 is 0 Å². The summed E-state index contributed by atoms with van der Waals surface area (Å²) in [5.41, 5.74) is 3.10. The Morgan fingerprint density at radius 2 is 1.88 bits per heavy atom. The molecule has 0 aliphatic heterocycles. The zero-order valence-corrected chi connectivity index (χ0v) is 14.5. The first kappa shape index (κ1) is 16.2. The van der Waals surface area contributed by atoms with Gasteiger partial charge in [0.25, 0.3) is 0 Å². The van der Waals surface area contributed by atoms with E-state index < -0.39 is 0 Å². The topological polar surface area (TPSA) is 69.9 Å². The maximum atomic E-state index is 12.2. The summed E-state index contributed by atoms with van der Waals surface area (Å²) < 4.78 is 6.98. The van der Waals surface area contributed by atoms with Gasteiger partial charge in [0.05, 0.1) is 16.9 Å². The molecule has 0 unspecified atom stereocenters. The van der Waals surface area contributed by atoms with Crippen molar-refractivity contribution in [2.24, 2.45) is 0 Å². The van der Waals surface area contributed by atoms with Crippen LogP contribution in [0.15, 0.2) is 72.6 Å². The van der Waals surface area contributed by atoms with Crippen molar-refractivity contribution in [1.29, 1.82) is 0 Å². The monoisotopic (exact) mass is 362 g/mol. The highest BCUT2D eigenvalue weighted by Gasteiger charge is 2.10. The van der Waals surface area contributed by atoms with Gasteiger partial charge in [0, 0.05) is 10.9 Å². The number of hydrogen-bond donors (Lipinski definition) is 0. The van der Waals surface area contributed by atoms with Crippen LogP contribution in [0.4, 0.5) is 0 Å². The number of carbonyl (C=O) groups is 1. The number of rotatable bonds is 5. The van der Waals surface area contributed by atoms with Gasteiger partial charge >= 0.3 is 5.97 Å². The van der Waals surface area contributed by atoms with Gasteiger partial charge in [-0.1, -0.05) is 30.3 Å². The summed E-state index contributed by atoms with van der Waals surface area (Å²) in [5.74, 6) is -0.385. The smallest absolute Gasteiger partial charge is 0.338 e. The van der Waals surface area contributed by atoms with Crippen molar-refractivity contribution >= 4 is 17.3 Å². The van der Waals surface area contributed by atoms with Gasteiger partial charge in [0.15, 0.2) is 0 Å². The van der Waals surface area contributed by atoms with Crippen LogP contribution in [0.5, 0.6) is 0 Å². The summed E-state index contributed by atoms with van der Waals surface area (Å²) in [6.07, 6.45) is 3.06. The van der Waals surface area contributed by atoms with Crippen molar-refractivity contribution in [3.63, 3.8) is 0 Å². The molecule has 0 saturated carbocycles. The summed E-state index contributed by atoms with van der Waals surface area (Å²) in [5, 5.41) is 6.86. The van der Waals surface area contributed by atoms with Crippen LogP contribution < -0.4 is 0 Å². The second kappa shape index (κ2) is 7.28. The van der Waals surface area contributed by atoms with Crippen LogP contribution in [0.3, 0.4) is 0 Å². The minimum absolute atomic E-state index is 0.146.